The number of rotatable bonds is 7. The highest BCUT2D eigenvalue weighted by Crippen LogP contribution is 2.24. The molecule has 6 nitrogen and oxygen atoms in total. The minimum Gasteiger partial charge on any atom is -0.354 e. The number of amides is 1. The molecule has 26 heavy (non-hydrogen) atoms. The van der Waals surface area contributed by atoms with Crippen LogP contribution >= 0.6 is 0 Å². The molecule has 0 aliphatic carbocycles. The minimum absolute atomic E-state index is 0.163. The summed E-state index contributed by atoms with van der Waals surface area (Å²) in [6.07, 6.45) is 4.31. The van der Waals surface area contributed by atoms with Crippen LogP contribution in [0.15, 0.2) is 54.9 Å². The number of carbonyl (C=O) groups excluding carboxylic acids is 1. The van der Waals surface area contributed by atoms with Crippen LogP contribution in [0.25, 0.3) is 10.9 Å². The van der Waals surface area contributed by atoms with Gasteiger partial charge in [0.15, 0.2) is 0 Å². The van der Waals surface area contributed by atoms with E-state index in [4.69, 9.17) is 0 Å². The molecule has 1 aromatic carbocycles. The van der Waals surface area contributed by atoms with E-state index >= 15 is 0 Å². The second-order valence-corrected chi connectivity index (χ2v) is 6.35. The average molecular weight is 349 g/mol. The summed E-state index contributed by atoms with van der Waals surface area (Å²) in [5.74, 6) is -0.163. The van der Waals surface area contributed by atoms with E-state index in [1.807, 2.05) is 50.5 Å². The Kier molecular flexibility index (Phi) is 5.76. The third kappa shape index (κ3) is 4.55. The van der Waals surface area contributed by atoms with Crippen molar-refractivity contribution in [1.29, 1.82) is 0 Å². The first-order chi connectivity index (χ1) is 12.6. The lowest BCUT2D eigenvalue weighted by Gasteiger charge is -2.11. The quantitative estimate of drug-likeness (QED) is 0.642. The number of aromatic nitrogens is 2. The van der Waals surface area contributed by atoms with Crippen LogP contribution in [0.5, 0.6) is 0 Å². The van der Waals surface area contributed by atoms with Crippen LogP contribution in [0.1, 0.15) is 16.9 Å². The van der Waals surface area contributed by atoms with Crippen LogP contribution < -0.4 is 10.6 Å². The Labute approximate surface area is 153 Å². The van der Waals surface area contributed by atoms with Crippen molar-refractivity contribution in [1.82, 2.24) is 20.2 Å². The fourth-order valence-corrected chi connectivity index (χ4v) is 2.68. The molecule has 1 amide bonds. The molecule has 0 atom stereocenters. The Bertz CT molecular complexity index is 889. The number of hydrogen-bond donors (Lipinski definition) is 2. The molecular weight excluding hydrogens is 326 g/mol. The van der Waals surface area contributed by atoms with E-state index < -0.39 is 0 Å². The largest absolute Gasteiger partial charge is 0.354 e. The zero-order valence-corrected chi connectivity index (χ0v) is 15.1. The third-order valence-corrected chi connectivity index (χ3v) is 3.97. The molecule has 0 unspecified atom stereocenters. The second kappa shape index (κ2) is 8.40. The molecular formula is C20H23N5O. The van der Waals surface area contributed by atoms with Gasteiger partial charge in [0.1, 0.15) is 5.69 Å². The summed E-state index contributed by atoms with van der Waals surface area (Å²) in [6.45, 7) is 1.56. The maximum Gasteiger partial charge on any atom is 0.269 e. The average Bonchev–Trinajstić information content (AvgIpc) is 2.65. The summed E-state index contributed by atoms with van der Waals surface area (Å²) in [5.41, 5.74) is 2.98. The first kappa shape index (κ1) is 17.8. The van der Waals surface area contributed by atoms with Gasteiger partial charge in [0, 0.05) is 30.0 Å². The predicted molar refractivity (Wildman–Crippen MR) is 105 cm³/mol. The standard InChI is InChI=1S/C20H23N5O/c1-25(2)13-5-11-23-20(26)18-14-16(9-12-21-18)24-17-8-3-6-15-7-4-10-22-19(15)17/h3-4,6-10,12,14H,5,11,13H2,1-2H3,(H,21,24)(H,23,26). The van der Waals surface area contributed by atoms with E-state index in [1.54, 1.807) is 18.5 Å². The van der Waals surface area contributed by atoms with Gasteiger partial charge in [-0.1, -0.05) is 18.2 Å². The second-order valence-electron chi connectivity index (χ2n) is 6.35. The predicted octanol–water partition coefficient (Wildman–Crippen LogP) is 3.05. The first-order valence-corrected chi connectivity index (χ1v) is 8.63. The SMILES string of the molecule is CN(C)CCCNC(=O)c1cc(Nc2cccc3cccnc23)ccn1. The first-order valence-electron chi connectivity index (χ1n) is 8.63. The Morgan fingerprint density at radius 3 is 2.77 bits per heavy atom. The molecule has 2 heterocycles. The van der Waals surface area contributed by atoms with Crippen molar-refractivity contribution >= 4 is 28.2 Å². The Balaban J connectivity index is 1.70. The van der Waals surface area contributed by atoms with Crippen molar-refractivity contribution in [3.8, 4) is 0 Å². The maximum atomic E-state index is 12.3. The van der Waals surface area contributed by atoms with Gasteiger partial charge in [0.2, 0.25) is 0 Å². The van der Waals surface area contributed by atoms with Crippen LogP contribution in [-0.2, 0) is 0 Å². The van der Waals surface area contributed by atoms with Crippen LogP contribution in [0, 0.1) is 0 Å². The number of para-hydroxylation sites is 1. The molecule has 0 fully saturated rings. The third-order valence-electron chi connectivity index (χ3n) is 3.97. The molecule has 0 saturated carbocycles. The fourth-order valence-electron chi connectivity index (χ4n) is 2.68. The van der Waals surface area contributed by atoms with Gasteiger partial charge < -0.3 is 15.5 Å². The summed E-state index contributed by atoms with van der Waals surface area (Å²) in [5, 5.41) is 7.30. The molecule has 6 heteroatoms. The van der Waals surface area contributed by atoms with Crippen molar-refractivity contribution < 1.29 is 4.79 Å². The molecule has 2 aromatic heterocycles. The number of hydrogen-bond acceptors (Lipinski definition) is 5. The van der Waals surface area contributed by atoms with Crippen molar-refractivity contribution in [2.24, 2.45) is 0 Å². The summed E-state index contributed by atoms with van der Waals surface area (Å²) in [4.78, 5) is 23.0. The van der Waals surface area contributed by atoms with Gasteiger partial charge in [-0.05, 0) is 51.3 Å². The number of fused-ring (bicyclic) bond motifs is 1. The highest BCUT2D eigenvalue weighted by Gasteiger charge is 2.08. The number of anilines is 2. The molecule has 3 aromatic rings. The number of benzene rings is 1. The number of pyridine rings is 2. The zero-order valence-electron chi connectivity index (χ0n) is 15.1. The monoisotopic (exact) mass is 349 g/mol. The summed E-state index contributed by atoms with van der Waals surface area (Å²) < 4.78 is 0. The van der Waals surface area contributed by atoms with Crippen LogP contribution in [0.4, 0.5) is 11.4 Å². The van der Waals surface area contributed by atoms with Gasteiger partial charge in [-0.3, -0.25) is 14.8 Å². The lowest BCUT2D eigenvalue weighted by molar-refractivity contribution is 0.0947. The topological polar surface area (TPSA) is 70.2 Å². The molecule has 0 spiro atoms. The highest BCUT2D eigenvalue weighted by atomic mass is 16.1. The molecule has 0 bridgehead atoms. The van der Waals surface area contributed by atoms with Crippen molar-refractivity contribution in [3.05, 3.63) is 60.6 Å². The van der Waals surface area contributed by atoms with Crippen LogP contribution in [-0.4, -0.2) is 48.0 Å². The zero-order chi connectivity index (χ0) is 18.4. The molecule has 0 aliphatic rings. The molecule has 2 N–H and O–H groups in total. The van der Waals surface area contributed by atoms with Gasteiger partial charge in [-0.15, -0.1) is 0 Å². The summed E-state index contributed by atoms with van der Waals surface area (Å²) >= 11 is 0. The molecule has 3 rings (SSSR count). The Morgan fingerprint density at radius 1 is 1.08 bits per heavy atom. The van der Waals surface area contributed by atoms with Gasteiger partial charge in [0.05, 0.1) is 11.2 Å². The van der Waals surface area contributed by atoms with Crippen molar-refractivity contribution in [3.63, 3.8) is 0 Å². The van der Waals surface area contributed by atoms with E-state index in [2.05, 4.69) is 25.5 Å². The molecule has 0 aliphatic heterocycles. The smallest absolute Gasteiger partial charge is 0.269 e. The fraction of sp³-hybridized carbons (Fsp3) is 0.250. The van der Waals surface area contributed by atoms with Crippen molar-refractivity contribution in [2.45, 2.75) is 6.42 Å². The minimum atomic E-state index is -0.163. The number of nitrogens with zero attached hydrogens (tertiary/aromatic N) is 3. The Hall–Kier alpha value is -2.99. The van der Waals surface area contributed by atoms with Crippen molar-refractivity contribution in [2.75, 3.05) is 32.5 Å². The van der Waals surface area contributed by atoms with E-state index in [0.717, 1.165) is 35.2 Å². The normalized spacial score (nSPS) is 10.9. The molecule has 134 valence electrons. The summed E-state index contributed by atoms with van der Waals surface area (Å²) in [7, 11) is 4.03. The molecule has 0 radical (unpaired) electrons. The Morgan fingerprint density at radius 2 is 1.92 bits per heavy atom. The number of nitrogens with one attached hydrogen (secondary N) is 2. The lowest BCUT2D eigenvalue weighted by atomic mass is 10.2. The lowest BCUT2D eigenvalue weighted by Crippen LogP contribution is -2.27. The number of carbonyl (C=O) groups is 1. The van der Waals surface area contributed by atoms with E-state index in [9.17, 15) is 4.79 Å². The molecule has 0 saturated heterocycles. The van der Waals surface area contributed by atoms with Crippen LogP contribution in [0.3, 0.4) is 0 Å². The van der Waals surface area contributed by atoms with E-state index in [-0.39, 0.29) is 5.91 Å². The van der Waals surface area contributed by atoms with Gasteiger partial charge in [-0.25, -0.2) is 0 Å². The van der Waals surface area contributed by atoms with Crippen LogP contribution in [0.2, 0.25) is 0 Å². The highest BCUT2D eigenvalue weighted by molar-refractivity contribution is 5.94. The summed E-state index contributed by atoms with van der Waals surface area (Å²) in [6, 6.07) is 13.5. The van der Waals surface area contributed by atoms with Gasteiger partial charge >= 0.3 is 0 Å². The van der Waals surface area contributed by atoms with Gasteiger partial charge in [-0.2, -0.15) is 0 Å². The van der Waals surface area contributed by atoms with E-state index in [0.29, 0.717) is 12.2 Å². The maximum absolute atomic E-state index is 12.3. The van der Waals surface area contributed by atoms with Gasteiger partial charge in [0.25, 0.3) is 5.91 Å². The van der Waals surface area contributed by atoms with E-state index in [1.165, 1.54) is 0 Å².